The Morgan fingerprint density at radius 2 is 1.73 bits per heavy atom. The van der Waals surface area contributed by atoms with Gasteiger partial charge in [-0.25, -0.2) is 4.79 Å². The maximum Gasteiger partial charge on any atom is 0.354 e. The number of nitrogens with zero attached hydrogens (tertiary/aromatic N) is 5. The van der Waals surface area contributed by atoms with Crippen LogP contribution in [-0.4, -0.2) is 66.8 Å². The summed E-state index contributed by atoms with van der Waals surface area (Å²) < 4.78 is 45.2. The van der Waals surface area contributed by atoms with Gasteiger partial charge in [-0.05, 0) is 87.5 Å². The van der Waals surface area contributed by atoms with E-state index in [0.717, 1.165) is 63.8 Å². The van der Waals surface area contributed by atoms with Gasteiger partial charge in [-0.15, -0.1) is 0 Å². The number of hydrogen-bond acceptors (Lipinski definition) is 8. The van der Waals surface area contributed by atoms with E-state index in [9.17, 15) is 13.2 Å². The van der Waals surface area contributed by atoms with Crippen LogP contribution in [0.1, 0.15) is 72.3 Å². The number of benzene rings is 1. The summed E-state index contributed by atoms with van der Waals surface area (Å²) in [7, 11) is -2.29. The molecule has 0 aliphatic rings. The summed E-state index contributed by atoms with van der Waals surface area (Å²) in [5.41, 5.74) is 7.38. The van der Waals surface area contributed by atoms with Crippen LogP contribution in [0.4, 0.5) is 0 Å². The van der Waals surface area contributed by atoms with Crippen molar-refractivity contribution in [3.8, 4) is 11.3 Å². The molecule has 0 aliphatic heterocycles. The van der Waals surface area contributed by atoms with Crippen molar-refractivity contribution in [2.75, 3.05) is 20.0 Å². The van der Waals surface area contributed by atoms with E-state index in [0.29, 0.717) is 42.5 Å². The van der Waals surface area contributed by atoms with E-state index in [2.05, 4.69) is 39.0 Å². The fourth-order valence-corrected chi connectivity index (χ4v) is 7.43. The lowest BCUT2D eigenvalue weighted by Crippen LogP contribution is -2.41. The van der Waals surface area contributed by atoms with Crippen LogP contribution in [-0.2, 0) is 56.6 Å². The average Bonchev–Trinajstić information content (AvgIpc) is 3.58. The summed E-state index contributed by atoms with van der Waals surface area (Å²) in [6.07, 6.45) is 3.15. The molecule has 0 bridgehead atoms. The van der Waals surface area contributed by atoms with Crippen LogP contribution in [0.15, 0.2) is 18.2 Å². The molecule has 0 aliphatic carbocycles. The number of ether oxygens (including phenoxy) is 1. The van der Waals surface area contributed by atoms with Gasteiger partial charge in [0, 0.05) is 43.2 Å². The molecule has 48 heavy (non-hydrogen) atoms. The van der Waals surface area contributed by atoms with E-state index in [1.54, 1.807) is 11.7 Å². The van der Waals surface area contributed by atoms with Gasteiger partial charge in [0.25, 0.3) is 10.1 Å². The highest BCUT2D eigenvalue weighted by atomic mass is 35.5. The third-order valence-electron chi connectivity index (χ3n) is 9.51. The number of aryl methyl sites for hydroxylation is 6. The van der Waals surface area contributed by atoms with Crippen molar-refractivity contribution in [2.45, 2.75) is 98.6 Å². The Balaban J connectivity index is 1.67. The molecule has 1 aromatic carbocycles. The lowest BCUT2D eigenvalue weighted by Gasteiger charge is -2.36. The summed E-state index contributed by atoms with van der Waals surface area (Å²) in [6, 6.07) is 5.73. The van der Waals surface area contributed by atoms with Gasteiger partial charge in [-0.1, -0.05) is 32.4 Å². The Morgan fingerprint density at radius 3 is 2.35 bits per heavy atom. The number of methoxy groups -OCH3 is 1. The lowest BCUT2D eigenvalue weighted by molar-refractivity contribution is 0.0587. The summed E-state index contributed by atoms with van der Waals surface area (Å²) >= 11 is 7.02. The maximum atomic E-state index is 13.2. The number of carbonyl (C=O) groups is 1. The topological polar surface area (TPSA) is 119 Å². The molecule has 14 heteroatoms. The predicted molar refractivity (Wildman–Crippen MR) is 193 cm³/mol. The third kappa shape index (κ3) is 8.07. The van der Waals surface area contributed by atoms with E-state index in [4.69, 9.17) is 30.0 Å². The van der Waals surface area contributed by atoms with E-state index >= 15 is 0 Å². The minimum absolute atomic E-state index is 0.0667. The summed E-state index contributed by atoms with van der Waals surface area (Å²) in [4.78, 5) is 13.2. The molecule has 0 spiro atoms. The van der Waals surface area contributed by atoms with Crippen LogP contribution in [0.25, 0.3) is 22.2 Å². The Morgan fingerprint density at radius 1 is 1.04 bits per heavy atom. The fourth-order valence-electron chi connectivity index (χ4n) is 5.76. The Hall–Kier alpha value is -2.97. The summed E-state index contributed by atoms with van der Waals surface area (Å²) in [6.45, 7) is 18.9. The molecule has 264 valence electrons. The Kier molecular flexibility index (Phi) is 11.4. The Bertz CT molecular complexity index is 1920. The van der Waals surface area contributed by atoms with Gasteiger partial charge in [0.15, 0.2) is 8.32 Å². The molecule has 11 nitrogen and oxygen atoms in total. The van der Waals surface area contributed by atoms with Crippen LogP contribution >= 0.6 is 11.6 Å². The predicted octanol–water partition coefficient (Wildman–Crippen LogP) is 7.12. The average molecular weight is 720 g/mol. The standard InChI is InChI=1S/C34H50ClN5O6SSi/c1-22-24(3)36-40(18-12-14-25-20-26(38(7)37-25)21-45-47(9,42)43)31(22)30-27(35)15-16-28-29(30)23(2)32(33(41)44-8)39(28)17-13-19-46-48(10,11)34(4,5)6/h15-16,20H,12-14,17-19,21H2,1-11H3. The maximum absolute atomic E-state index is 13.2. The smallest absolute Gasteiger partial charge is 0.354 e. The molecule has 0 N–H and O–H groups in total. The van der Waals surface area contributed by atoms with Gasteiger partial charge in [-0.2, -0.15) is 18.6 Å². The monoisotopic (exact) mass is 719 g/mol. The minimum Gasteiger partial charge on any atom is -0.464 e. The number of aromatic nitrogens is 5. The molecule has 0 unspecified atom stereocenters. The van der Waals surface area contributed by atoms with Gasteiger partial charge >= 0.3 is 5.97 Å². The molecule has 4 aromatic rings. The van der Waals surface area contributed by atoms with E-state index in [1.807, 2.05) is 48.2 Å². The molecular weight excluding hydrogens is 670 g/mol. The second kappa shape index (κ2) is 14.5. The molecule has 0 saturated carbocycles. The van der Waals surface area contributed by atoms with Gasteiger partial charge in [-0.3, -0.25) is 13.5 Å². The number of carbonyl (C=O) groups excluding carboxylic acids is 1. The minimum atomic E-state index is -3.56. The highest BCUT2D eigenvalue weighted by Crippen LogP contribution is 2.42. The van der Waals surface area contributed by atoms with Crippen molar-refractivity contribution >= 4 is 46.9 Å². The number of hydrogen-bond donors (Lipinski definition) is 0. The SMILES string of the molecule is COC(=O)c1c(C)c2c(-c3c(C)c(C)nn3CCCc3cc(COS(C)(=O)=O)n(C)n3)c(Cl)ccc2n1CCCO[Si](C)(C)C(C)(C)C. The van der Waals surface area contributed by atoms with Crippen LogP contribution in [0.2, 0.25) is 23.2 Å². The van der Waals surface area contributed by atoms with Crippen LogP contribution in [0, 0.1) is 20.8 Å². The van der Waals surface area contributed by atoms with Crippen molar-refractivity contribution in [2.24, 2.45) is 7.05 Å². The Labute approximate surface area is 290 Å². The van der Waals surface area contributed by atoms with Crippen LogP contribution < -0.4 is 0 Å². The molecule has 0 amide bonds. The van der Waals surface area contributed by atoms with Crippen LogP contribution in [0.3, 0.4) is 0 Å². The zero-order valence-electron chi connectivity index (χ0n) is 30.2. The number of fused-ring (bicyclic) bond motifs is 1. The summed E-state index contributed by atoms with van der Waals surface area (Å²) in [5.74, 6) is -0.394. The van der Waals surface area contributed by atoms with Gasteiger partial charge in [0.05, 0.1) is 41.2 Å². The van der Waals surface area contributed by atoms with Crippen molar-refractivity contribution in [3.63, 3.8) is 0 Å². The highest BCUT2D eigenvalue weighted by molar-refractivity contribution is 7.85. The number of rotatable bonds is 14. The molecule has 0 saturated heterocycles. The van der Waals surface area contributed by atoms with Crippen molar-refractivity contribution in [3.05, 3.63) is 57.1 Å². The van der Waals surface area contributed by atoms with Crippen molar-refractivity contribution in [1.82, 2.24) is 24.1 Å². The van der Waals surface area contributed by atoms with Gasteiger partial charge in [0.1, 0.15) is 12.3 Å². The second-order valence-corrected chi connectivity index (χ2v) is 20.9. The van der Waals surface area contributed by atoms with E-state index < -0.39 is 24.4 Å². The molecular formula is C34H50ClN5O6SSi. The van der Waals surface area contributed by atoms with Gasteiger partial charge < -0.3 is 13.7 Å². The molecule has 0 radical (unpaired) electrons. The first-order valence-electron chi connectivity index (χ1n) is 16.2. The first-order valence-corrected chi connectivity index (χ1v) is 21.3. The van der Waals surface area contributed by atoms with E-state index in [-0.39, 0.29) is 11.6 Å². The number of halogens is 1. The third-order valence-corrected chi connectivity index (χ3v) is 14.9. The van der Waals surface area contributed by atoms with Crippen molar-refractivity contribution in [1.29, 1.82) is 0 Å². The fraction of sp³-hybridized carbons (Fsp3) is 0.559. The highest BCUT2D eigenvalue weighted by Gasteiger charge is 2.37. The first-order chi connectivity index (χ1) is 22.3. The zero-order valence-corrected chi connectivity index (χ0v) is 32.7. The van der Waals surface area contributed by atoms with E-state index in [1.165, 1.54) is 7.11 Å². The first kappa shape index (κ1) is 37.8. The second-order valence-electron chi connectivity index (χ2n) is 14.0. The molecule has 0 atom stereocenters. The van der Waals surface area contributed by atoms with Crippen LogP contribution in [0.5, 0.6) is 0 Å². The largest absolute Gasteiger partial charge is 0.464 e. The van der Waals surface area contributed by atoms with Crippen molar-refractivity contribution < 1.29 is 26.6 Å². The summed E-state index contributed by atoms with van der Waals surface area (Å²) in [5, 5.41) is 11.0. The zero-order chi connectivity index (χ0) is 35.8. The molecule has 3 aromatic heterocycles. The molecule has 0 fully saturated rings. The van der Waals surface area contributed by atoms with Gasteiger partial charge in [0.2, 0.25) is 0 Å². The quantitative estimate of drug-likeness (QED) is 0.0585. The molecule has 4 rings (SSSR count). The number of esters is 1. The lowest BCUT2D eigenvalue weighted by atomic mass is 9.99. The molecule has 3 heterocycles. The normalized spacial score (nSPS) is 12.8.